The molecule has 3 aliphatic carbocycles. The molecule has 2 bridgehead atoms. The SMILES string of the molecule is Cc1ccc2c(c1)C1c3ccccc3C2c2cc(-c3cc[n+](C)c(-c4c(C)c(C)cc5c4oc4nc(C)ccc45)c3)ccc21. The molecule has 4 aromatic carbocycles. The zero-order valence-electron chi connectivity index (χ0n) is 25.7. The highest BCUT2D eigenvalue weighted by atomic mass is 16.3. The first-order valence-electron chi connectivity index (χ1n) is 15.5. The predicted molar refractivity (Wildman–Crippen MR) is 177 cm³/mol. The van der Waals surface area contributed by atoms with Gasteiger partial charge in [0.05, 0.1) is 5.56 Å². The summed E-state index contributed by atoms with van der Waals surface area (Å²) in [5.74, 6) is 0.541. The molecule has 212 valence electrons. The Labute approximate surface area is 257 Å². The van der Waals surface area contributed by atoms with Crippen LogP contribution in [0.25, 0.3) is 44.5 Å². The molecule has 0 aliphatic heterocycles. The zero-order valence-corrected chi connectivity index (χ0v) is 25.7. The largest absolute Gasteiger partial charge is 0.437 e. The Morgan fingerprint density at radius 2 is 1.32 bits per heavy atom. The monoisotopic (exact) mass is 569 g/mol. The van der Waals surface area contributed by atoms with Crippen molar-refractivity contribution >= 4 is 22.1 Å². The summed E-state index contributed by atoms with van der Waals surface area (Å²) in [6.45, 7) is 8.61. The van der Waals surface area contributed by atoms with E-state index >= 15 is 0 Å². The Morgan fingerprint density at radius 1 is 0.636 bits per heavy atom. The average molecular weight is 570 g/mol. The minimum atomic E-state index is 0.256. The van der Waals surface area contributed by atoms with Crippen molar-refractivity contribution in [3.8, 4) is 22.4 Å². The van der Waals surface area contributed by atoms with E-state index in [4.69, 9.17) is 9.40 Å². The molecule has 2 unspecified atom stereocenters. The van der Waals surface area contributed by atoms with Gasteiger partial charge < -0.3 is 4.42 Å². The molecule has 0 spiro atoms. The van der Waals surface area contributed by atoms with Crippen LogP contribution >= 0.6 is 0 Å². The number of furan rings is 1. The lowest BCUT2D eigenvalue weighted by Crippen LogP contribution is -2.30. The molecule has 44 heavy (non-hydrogen) atoms. The summed E-state index contributed by atoms with van der Waals surface area (Å²) in [6.07, 6.45) is 2.18. The average Bonchev–Trinajstić information content (AvgIpc) is 3.38. The first-order valence-corrected chi connectivity index (χ1v) is 15.5. The zero-order chi connectivity index (χ0) is 29.9. The van der Waals surface area contributed by atoms with Crippen molar-refractivity contribution in [2.45, 2.75) is 39.5 Å². The van der Waals surface area contributed by atoms with Crippen molar-refractivity contribution in [3.63, 3.8) is 0 Å². The molecule has 3 heterocycles. The molecule has 2 atom stereocenters. The molecule has 3 heteroatoms. The number of rotatable bonds is 2. The predicted octanol–water partition coefficient (Wildman–Crippen LogP) is 9.36. The van der Waals surface area contributed by atoms with Crippen LogP contribution in [0, 0.1) is 27.7 Å². The van der Waals surface area contributed by atoms with Crippen LogP contribution in [-0.2, 0) is 7.05 Å². The molecule has 3 nitrogen and oxygen atoms in total. The maximum Gasteiger partial charge on any atom is 0.227 e. The van der Waals surface area contributed by atoms with Gasteiger partial charge in [-0.05, 0) is 108 Å². The summed E-state index contributed by atoms with van der Waals surface area (Å²) in [6, 6.07) is 34.3. The van der Waals surface area contributed by atoms with Crippen LogP contribution in [0.2, 0.25) is 0 Å². The number of hydrogen-bond acceptors (Lipinski definition) is 2. The highest BCUT2D eigenvalue weighted by molar-refractivity contribution is 6.09. The number of pyridine rings is 2. The molecule has 0 saturated carbocycles. The van der Waals surface area contributed by atoms with Gasteiger partial charge in [-0.15, -0.1) is 0 Å². The number of nitrogens with zero attached hydrogens (tertiary/aromatic N) is 2. The van der Waals surface area contributed by atoms with Gasteiger partial charge in [-0.2, -0.15) is 0 Å². The topological polar surface area (TPSA) is 29.9 Å². The van der Waals surface area contributed by atoms with Crippen LogP contribution in [0.3, 0.4) is 0 Å². The maximum absolute atomic E-state index is 6.51. The van der Waals surface area contributed by atoms with Crippen molar-refractivity contribution in [3.05, 3.63) is 153 Å². The van der Waals surface area contributed by atoms with Crippen LogP contribution in [0.15, 0.2) is 102 Å². The van der Waals surface area contributed by atoms with Crippen LogP contribution in [0.5, 0.6) is 0 Å². The number of hydrogen-bond donors (Lipinski definition) is 0. The summed E-state index contributed by atoms with van der Waals surface area (Å²) in [4.78, 5) is 4.72. The van der Waals surface area contributed by atoms with E-state index in [0.29, 0.717) is 5.71 Å². The standard InChI is InChI=1S/C41H33N2O/c1-22-10-13-30-33(18-22)38-28-8-6-7-9-29(28)39(30)34-20-26(12-15-31(34)38)27-16-17-43(5)36(21-27)37-25(4)23(2)19-35-32-14-11-24(3)42-41(32)44-40(35)37/h6-21,38-39H,1-5H3/q+1. The van der Waals surface area contributed by atoms with E-state index < -0.39 is 0 Å². The number of benzene rings is 4. The second-order valence-electron chi connectivity index (χ2n) is 12.9. The van der Waals surface area contributed by atoms with E-state index in [0.717, 1.165) is 33.3 Å². The quantitative estimate of drug-likeness (QED) is 0.194. The molecule has 0 fully saturated rings. The van der Waals surface area contributed by atoms with Crippen molar-refractivity contribution in [2.75, 3.05) is 0 Å². The molecular formula is C41H33N2O+. The number of fused-ring (bicyclic) bond motifs is 3. The Morgan fingerprint density at radius 3 is 2.09 bits per heavy atom. The van der Waals surface area contributed by atoms with E-state index in [9.17, 15) is 0 Å². The minimum absolute atomic E-state index is 0.256. The molecule has 0 radical (unpaired) electrons. The maximum atomic E-state index is 6.51. The molecule has 3 aliphatic rings. The van der Waals surface area contributed by atoms with Gasteiger partial charge in [0.2, 0.25) is 11.4 Å². The Kier molecular flexibility index (Phi) is 5.21. The van der Waals surface area contributed by atoms with E-state index in [1.807, 2.05) is 6.92 Å². The Balaban J connectivity index is 1.23. The van der Waals surface area contributed by atoms with Crippen LogP contribution in [0.1, 0.15) is 67.6 Å². The van der Waals surface area contributed by atoms with Crippen LogP contribution < -0.4 is 4.57 Å². The normalized spacial score (nSPS) is 16.3. The van der Waals surface area contributed by atoms with Crippen LogP contribution in [-0.4, -0.2) is 4.98 Å². The molecule has 10 rings (SSSR count). The Bertz CT molecular complexity index is 2360. The molecule has 3 aromatic heterocycles. The first kappa shape index (κ1) is 25.5. The highest BCUT2D eigenvalue weighted by Crippen LogP contribution is 2.56. The van der Waals surface area contributed by atoms with Gasteiger partial charge in [0, 0.05) is 40.4 Å². The summed E-state index contributed by atoms with van der Waals surface area (Å²) < 4.78 is 8.73. The molecule has 0 N–H and O–H groups in total. The van der Waals surface area contributed by atoms with Gasteiger partial charge in [-0.3, -0.25) is 0 Å². The third-order valence-electron chi connectivity index (χ3n) is 10.2. The minimum Gasteiger partial charge on any atom is -0.437 e. The lowest BCUT2D eigenvalue weighted by Gasteiger charge is -2.42. The Hall–Kier alpha value is -5.02. The van der Waals surface area contributed by atoms with Gasteiger partial charge in [-0.25, -0.2) is 9.55 Å². The second kappa shape index (κ2) is 9.00. The van der Waals surface area contributed by atoms with Crippen molar-refractivity contribution in [1.29, 1.82) is 0 Å². The fraction of sp³-hybridized carbons (Fsp3) is 0.171. The van der Waals surface area contributed by atoms with Gasteiger partial charge in [0.25, 0.3) is 0 Å². The molecule has 0 amide bonds. The smallest absolute Gasteiger partial charge is 0.227 e. The third-order valence-corrected chi connectivity index (χ3v) is 10.2. The van der Waals surface area contributed by atoms with Crippen molar-refractivity contribution in [2.24, 2.45) is 7.05 Å². The highest BCUT2D eigenvalue weighted by Gasteiger charge is 2.41. The number of aryl methyl sites for hydroxylation is 4. The van der Waals surface area contributed by atoms with E-state index in [2.05, 4.69) is 130 Å². The van der Waals surface area contributed by atoms with Crippen molar-refractivity contribution in [1.82, 2.24) is 4.98 Å². The second-order valence-corrected chi connectivity index (χ2v) is 12.9. The van der Waals surface area contributed by atoms with Gasteiger partial charge in [-0.1, -0.05) is 60.2 Å². The van der Waals surface area contributed by atoms with E-state index in [1.165, 1.54) is 61.2 Å². The third kappa shape index (κ3) is 3.44. The fourth-order valence-electron chi connectivity index (χ4n) is 7.93. The summed E-state index contributed by atoms with van der Waals surface area (Å²) in [5.41, 5.74) is 19.8. The van der Waals surface area contributed by atoms with E-state index in [-0.39, 0.29) is 11.8 Å². The lowest BCUT2D eigenvalue weighted by molar-refractivity contribution is -0.660. The van der Waals surface area contributed by atoms with E-state index in [1.54, 1.807) is 0 Å². The number of aromatic nitrogens is 2. The molecule has 7 aromatic rings. The molecular weight excluding hydrogens is 536 g/mol. The van der Waals surface area contributed by atoms with Gasteiger partial charge in [0.1, 0.15) is 7.05 Å². The van der Waals surface area contributed by atoms with Crippen molar-refractivity contribution < 1.29 is 8.98 Å². The lowest BCUT2D eigenvalue weighted by atomic mass is 9.60. The summed E-state index contributed by atoms with van der Waals surface area (Å²) >= 11 is 0. The first-order chi connectivity index (χ1) is 21.4. The fourth-order valence-corrected chi connectivity index (χ4v) is 7.93. The van der Waals surface area contributed by atoms with Gasteiger partial charge >= 0.3 is 0 Å². The van der Waals surface area contributed by atoms with Gasteiger partial charge in [0.15, 0.2) is 11.8 Å². The summed E-state index contributed by atoms with van der Waals surface area (Å²) in [7, 11) is 2.12. The van der Waals surface area contributed by atoms with Crippen LogP contribution in [0.4, 0.5) is 0 Å². The molecule has 0 saturated heterocycles. The summed E-state index contributed by atoms with van der Waals surface area (Å²) in [5, 5.41) is 2.18.